The van der Waals surface area contributed by atoms with Gasteiger partial charge in [0.1, 0.15) is 5.75 Å². The van der Waals surface area contributed by atoms with Gasteiger partial charge in [-0.25, -0.2) is 0 Å². The third-order valence-corrected chi connectivity index (χ3v) is 3.66. The summed E-state index contributed by atoms with van der Waals surface area (Å²) < 4.78 is 6.22. The lowest BCUT2D eigenvalue weighted by molar-refractivity contribution is 0.406. The van der Waals surface area contributed by atoms with Crippen LogP contribution < -0.4 is 4.74 Å². The zero-order chi connectivity index (χ0) is 12.2. The SMILES string of the molecule is CCC(C)(C#N)Cc1cc(OC)ccc1Br. The molecule has 0 N–H and O–H groups in total. The van der Waals surface area contributed by atoms with Crippen LogP contribution in [0.25, 0.3) is 0 Å². The highest BCUT2D eigenvalue weighted by Crippen LogP contribution is 2.31. The molecule has 0 aliphatic heterocycles. The lowest BCUT2D eigenvalue weighted by atomic mass is 9.83. The van der Waals surface area contributed by atoms with E-state index in [0.717, 1.165) is 28.6 Å². The molecule has 0 aliphatic carbocycles. The van der Waals surface area contributed by atoms with Crippen molar-refractivity contribution < 1.29 is 4.74 Å². The molecule has 2 nitrogen and oxygen atoms in total. The van der Waals surface area contributed by atoms with E-state index in [1.54, 1.807) is 7.11 Å². The maximum atomic E-state index is 9.17. The van der Waals surface area contributed by atoms with Crippen LogP contribution in [0.15, 0.2) is 22.7 Å². The van der Waals surface area contributed by atoms with Crippen molar-refractivity contribution in [3.63, 3.8) is 0 Å². The number of hydrogen-bond acceptors (Lipinski definition) is 2. The first kappa shape index (κ1) is 13.1. The molecular formula is C13H16BrNO. The van der Waals surface area contributed by atoms with Gasteiger partial charge in [-0.1, -0.05) is 22.9 Å². The molecule has 0 aromatic heterocycles. The van der Waals surface area contributed by atoms with Gasteiger partial charge >= 0.3 is 0 Å². The van der Waals surface area contributed by atoms with E-state index in [1.165, 1.54) is 0 Å². The summed E-state index contributed by atoms with van der Waals surface area (Å²) in [6.45, 7) is 4.02. The molecule has 0 fully saturated rings. The molecule has 0 spiro atoms. The molecule has 0 bridgehead atoms. The summed E-state index contributed by atoms with van der Waals surface area (Å²) in [5.74, 6) is 0.828. The number of benzene rings is 1. The third-order valence-electron chi connectivity index (χ3n) is 2.88. The third kappa shape index (κ3) is 2.99. The number of halogens is 1. The summed E-state index contributed by atoms with van der Waals surface area (Å²) in [6.07, 6.45) is 1.57. The van der Waals surface area contributed by atoms with Crippen LogP contribution in [0.3, 0.4) is 0 Å². The van der Waals surface area contributed by atoms with E-state index in [0.29, 0.717) is 0 Å². The molecule has 1 rings (SSSR count). The van der Waals surface area contributed by atoms with Crippen LogP contribution in [-0.4, -0.2) is 7.11 Å². The van der Waals surface area contributed by atoms with Gasteiger partial charge in [-0.2, -0.15) is 5.26 Å². The molecule has 1 atom stereocenters. The number of methoxy groups -OCH3 is 1. The van der Waals surface area contributed by atoms with Gasteiger partial charge in [-0.15, -0.1) is 0 Å². The largest absolute Gasteiger partial charge is 0.497 e. The van der Waals surface area contributed by atoms with Crippen molar-refractivity contribution in [2.24, 2.45) is 5.41 Å². The normalized spacial score (nSPS) is 13.9. The van der Waals surface area contributed by atoms with Crippen molar-refractivity contribution in [3.05, 3.63) is 28.2 Å². The standard InChI is InChI=1S/C13H16BrNO/c1-4-13(2,9-15)8-10-7-11(16-3)5-6-12(10)14/h5-7H,4,8H2,1-3H3. The quantitative estimate of drug-likeness (QED) is 0.838. The Balaban J connectivity index is 3.01. The first-order valence-corrected chi connectivity index (χ1v) is 6.07. The minimum absolute atomic E-state index is 0.311. The molecule has 0 amide bonds. The van der Waals surface area contributed by atoms with Gasteiger partial charge in [0.15, 0.2) is 0 Å². The second kappa shape index (κ2) is 5.36. The first-order chi connectivity index (χ1) is 7.54. The highest BCUT2D eigenvalue weighted by atomic mass is 79.9. The number of rotatable bonds is 4. The van der Waals surface area contributed by atoms with Crippen LogP contribution >= 0.6 is 15.9 Å². The van der Waals surface area contributed by atoms with Gasteiger partial charge in [-0.05, 0) is 43.5 Å². The molecule has 16 heavy (non-hydrogen) atoms. The maximum absolute atomic E-state index is 9.17. The average molecular weight is 282 g/mol. The molecule has 1 aromatic rings. The Bertz CT molecular complexity index is 411. The van der Waals surface area contributed by atoms with Crippen molar-refractivity contribution in [2.75, 3.05) is 7.11 Å². The van der Waals surface area contributed by atoms with Gasteiger partial charge in [0.25, 0.3) is 0 Å². The Morgan fingerprint density at radius 3 is 2.69 bits per heavy atom. The van der Waals surface area contributed by atoms with Crippen molar-refractivity contribution >= 4 is 15.9 Å². The number of nitrogens with zero attached hydrogens (tertiary/aromatic N) is 1. The van der Waals surface area contributed by atoms with Crippen LogP contribution in [0.1, 0.15) is 25.8 Å². The number of ether oxygens (including phenoxy) is 1. The first-order valence-electron chi connectivity index (χ1n) is 5.28. The summed E-state index contributed by atoms with van der Waals surface area (Å²) >= 11 is 3.51. The van der Waals surface area contributed by atoms with Crippen LogP contribution in [0.5, 0.6) is 5.75 Å². The van der Waals surface area contributed by atoms with E-state index in [2.05, 4.69) is 22.0 Å². The van der Waals surface area contributed by atoms with Gasteiger partial charge in [0, 0.05) is 4.47 Å². The molecular weight excluding hydrogens is 266 g/mol. The average Bonchev–Trinajstić information content (AvgIpc) is 2.32. The van der Waals surface area contributed by atoms with E-state index < -0.39 is 0 Å². The van der Waals surface area contributed by atoms with Crippen LogP contribution in [0.4, 0.5) is 0 Å². The fraction of sp³-hybridized carbons (Fsp3) is 0.462. The van der Waals surface area contributed by atoms with E-state index in [-0.39, 0.29) is 5.41 Å². The molecule has 0 radical (unpaired) electrons. The van der Waals surface area contributed by atoms with Crippen LogP contribution in [0, 0.1) is 16.7 Å². The van der Waals surface area contributed by atoms with Crippen molar-refractivity contribution in [2.45, 2.75) is 26.7 Å². The fourth-order valence-electron chi connectivity index (χ4n) is 1.48. The second-order valence-electron chi connectivity index (χ2n) is 4.16. The maximum Gasteiger partial charge on any atom is 0.119 e. The minimum Gasteiger partial charge on any atom is -0.497 e. The zero-order valence-electron chi connectivity index (χ0n) is 9.88. The molecule has 1 aromatic carbocycles. The predicted octanol–water partition coefficient (Wildman–Crippen LogP) is 3.94. The Hall–Kier alpha value is -1.01. The molecule has 86 valence electrons. The van der Waals surface area contributed by atoms with Crippen molar-refractivity contribution in [1.29, 1.82) is 5.26 Å². The summed E-state index contributed by atoms with van der Waals surface area (Å²) in [5.41, 5.74) is 0.805. The van der Waals surface area contributed by atoms with Crippen LogP contribution in [-0.2, 0) is 6.42 Å². The predicted molar refractivity (Wildman–Crippen MR) is 68.4 cm³/mol. The molecule has 0 saturated carbocycles. The smallest absolute Gasteiger partial charge is 0.119 e. The Morgan fingerprint density at radius 2 is 2.19 bits per heavy atom. The molecule has 3 heteroatoms. The summed E-state index contributed by atoms with van der Waals surface area (Å²) in [7, 11) is 1.65. The summed E-state index contributed by atoms with van der Waals surface area (Å²) in [6, 6.07) is 8.23. The number of hydrogen-bond donors (Lipinski definition) is 0. The van der Waals surface area contributed by atoms with Crippen molar-refractivity contribution in [1.82, 2.24) is 0 Å². The summed E-state index contributed by atoms with van der Waals surface area (Å²) in [5, 5.41) is 9.17. The molecule has 0 aliphatic rings. The Kier molecular flexibility index (Phi) is 4.37. The second-order valence-corrected chi connectivity index (χ2v) is 5.01. The zero-order valence-corrected chi connectivity index (χ0v) is 11.5. The van der Waals surface area contributed by atoms with Gasteiger partial charge in [0.05, 0.1) is 18.6 Å². The number of nitriles is 1. The van der Waals surface area contributed by atoms with E-state index in [9.17, 15) is 0 Å². The van der Waals surface area contributed by atoms with Gasteiger partial charge in [-0.3, -0.25) is 0 Å². The Labute approximate surface area is 105 Å². The van der Waals surface area contributed by atoms with Gasteiger partial charge in [0.2, 0.25) is 0 Å². The van der Waals surface area contributed by atoms with Crippen LogP contribution in [0.2, 0.25) is 0 Å². The minimum atomic E-state index is -0.311. The lowest BCUT2D eigenvalue weighted by Crippen LogP contribution is -2.16. The van der Waals surface area contributed by atoms with Gasteiger partial charge < -0.3 is 4.74 Å². The highest BCUT2D eigenvalue weighted by molar-refractivity contribution is 9.10. The molecule has 1 unspecified atom stereocenters. The van der Waals surface area contributed by atoms with E-state index >= 15 is 0 Å². The molecule has 0 heterocycles. The van der Waals surface area contributed by atoms with Crippen molar-refractivity contribution in [3.8, 4) is 11.8 Å². The van der Waals surface area contributed by atoms with E-state index in [4.69, 9.17) is 10.00 Å². The highest BCUT2D eigenvalue weighted by Gasteiger charge is 2.23. The monoisotopic (exact) mass is 281 g/mol. The topological polar surface area (TPSA) is 33.0 Å². The van der Waals surface area contributed by atoms with E-state index in [1.807, 2.05) is 32.0 Å². The molecule has 0 saturated heterocycles. The Morgan fingerprint density at radius 1 is 1.50 bits per heavy atom. The lowest BCUT2D eigenvalue weighted by Gasteiger charge is -2.20. The summed E-state index contributed by atoms with van der Waals surface area (Å²) in [4.78, 5) is 0. The fourth-order valence-corrected chi connectivity index (χ4v) is 1.86.